The number of anilines is 3. The van der Waals surface area contributed by atoms with Crippen molar-refractivity contribution in [3.8, 4) is 5.75 Å². The number of benzene rings is 3. The first-order valence-corrected chi connectivity index (χ1v) is 14.9. The van der Waals surface area contributed by atoms with Gasteiger partial charge in [-0.3, -0.25) is 9.10 Å². The first kappa shape index (κ1) is 28.5. The van der Waals surface area contributed by atoms with Crippen molar-refractivity contribution in [3.63, 3.8) is 0 Å². The molecule has 11 nitrogen and oxygen atoms in total. The van der Waals surface area contributed by atoms with E-state index in [-0.39, 0.29) is 27.1 Å². The zero-order valence-electron chi connectivity index (χ0n) is 21.9. The Morgan fingerprint density at radius 2 is 1.57 bits per heavy atom. The average Bonchev–Trinajstić information content (AvgIpc) is 2.92. The summed E-state index contributed by atoms with van der Waals surface area (Å²) in [6.45, 7) is 3.00. The first-order chi connectivity index (χ1) is 19.0. The SMILES string of the molecule is COc1cccc(N(CC(=O)Nc2ccc(S(=O)(=O)Nc3nccc(C)n3)cc2)S(=O)(=O)c2ccc(C)cc2)c1. The van der Waals surface area contributed by atoms with Gasteiger partial charge in [-0.05, 0) is 68.4 Å². The van der Waals surface area contributed by atoms with E-state index in [1.807, 2.05) is 6.92 Å². The highest BCUT2D eigenvalue weighted by Gasteiger charge is 2.28. The number of nitrogens with one attached hydrogen (secondary N) is 2. The molecule has 0 aliphatic carbocycles. The van der Waals surface area contributed by atoms with E-state index in [1.54, 1.807) is 43.3 Å². The summed E-state index contributed by atoms with van der Waals surface area (Å²) < 4.78 is 61.1. The van der Waals surface area contributed by atoms with Crippen molar-refractivity contribution in [1.82, 2.24) is 9.97 Å². The van der Waals surface area contributed by atoms with E-state index in [1.165, 1.54) is 55.8 Å². The number of sulfonamides is 2. The number of hydrogen-bond acceptors (Lipinski definition) is 8. The number of rotatable bonds is 10. The van der Waals surface area contributed by atoms with Gasteiger partial charge in [0.05, 0.1) is 22.6 Å². The number of aryl methyl sites for hydroxylation is 2. The average molecular weight is 582 g/mol. The van der Waals surface area contributed by atoms with Crippen molar-refractivity contribution in [2.24, 2.45) is 0 Å². The third-order valence-corrected chi connectivity index (χ3v) is 8.84. The molecule has 0 spiro atoms. The lowest BCUT2D eigenvalue weighted by Crippen LogP contribution is -2.38. The number of ether oxygens (including phenoxy) is 1. The second-order valence-electron chi connectivity index (χ2n) is 8.73. The summed E-state index contributed by atoms with van der Waals surface area (Å²) in [5, 5.41) is 2.62. The fourth-order valence-corrected chi connectivity index (χ4v) is 6.01. The molecule has 40 heavy (non-hydrogen) atoms. The smallest absolute Gasteiger partial charge is 0.264 e. The quantitative estimate of drug-likeness (QED) is 0.288. The van der Waals surface area contributed by atoms with Crippen LogP contribution in [0.1, 0.15) is 11.3 Å². The summed E-state index contributed by atoms with van der Waals surface area (Å²) in [4.78, 5) is 20.9. The summed E-state index contributed by atoms with van der Waals surface area (Å²) in [6.07, 6.45) is 1.44. The minimum Gasteiger partial charge on any atom is -0.497 e. The Morgan fingerprint density at radius 1 is 0.900 bits per heavy atom. The second kappa shape index (κ2) is 11.7. The lowest BCUT2D eigenvalue weighted by molar-refractivity contribution is -0.114. The molecule has 1 heterocycles. The minimum absolute atomic E-state index is 0.0216. The van der Waals surface area contributed by atoms with Crippen LogP contribution in [0.5, 0.6) is 5.75 Å². The molecule has 0 fully saturated rings. The largest absolute Gasteiger partial charge is 0.497 e. The van der Waals surface area contributed by atoms with Crippen LogP contribution in [0.3, 0.4) is 0 Å². The number of nitrogens with zero attached hydrogens (tertiary/aromatic N) is 3. The molecule has 0 saturated carbocycles. The highest BCUT2D eigenvalue weighted by molar-refractivity contribution is 7.93. The van der Waals surface area contributed by atoms with Gasteiger partial charge in [-0.1, -0.05) is 23.8 Å². The fourth-order valence-electron chi connectivity index (χ4n) is 3.64. The normalized spacial score (nSPS) is 11.5. The standard InChI is InChI=1S/C27H27N5O6S2/c1-19-7-11-25(12-8-19)40(36,37)32(22-5-4-6-23(17-22)38-3)18-26(33)30-21-9-13-24(14-10-21)39(34,35)31-27-28-16-15-20(2)29-27/h4-17H,18H2,1-3H3,(H,30,33)(H,28,29,31). The summed E-state index contributed by atoms with van der Waals surface area (Å²) >= 11 is 0. The molecule has 4 rings (SSSR count). The Labute approximate surface area is 233 Å². The fraction of sp³-hybridized carbons (Fsp3) is 0.148. The third kappa shape index (κ3) is 6.74. The van der Waals surface area contributed by atoms with Crippen LogP contribution >= 0.6 is 0 Å². The summed E-state index contributed by atoms with van der Waals surface area (Å²) in [6, 6.07) is 19.7. The number of aromatic nitrogens is 2. The lowest BCUT2D eigenvalue weighted by Gasteiger charge is -2.24. The van der Waals surface area contributed by atoms with Crippen LogP contribution in [-0.4, -0.2) is 46.4 Å². The topological polar surface area (TPSA) is 148 Å². The van der Waals surface area contributed by atoms with Crippen molar-refractivity contribution < 1.29 is 26.4 Å². The predicted molar refractivity (Wildman–Crippen MR) is 151 cm³/mol. The minimum atomic E-state index is -4.12. The Balaban J connectivity index is 1.54. The molecular weight excluding hydrogens is 554 g/mol. The molecule has 0 aliphatic heterocycles. The third-order valence-electron chi connectivity index (χ3n) is 5.71. The van der Waals surface area contributed by atoms with E-state index in [2.05, 4.69) is 20.0 Å². The van der Waals surface area contributed by atoms with Gasteiger partial charge >= 0.3 is 0 Å². The number of amides is 1. The molecule has 0 atom stereocenters. The highest BCUT2D eigenvalue weighted by atomic mass is 32.2. The Morgan fingerprint density at radius 3 is 2.23 bits per heavy atom. The number of carbonyl (C=O) groups is 1. The van der Waals surface area contributed by atoms with Gasteiger partial charge in [0.25, 0.3) is 20.0 Å². The molecule has 0 saturated heterocycles. The number of hydrogen-bond donors (Lipinski definition) is 2. The molecule has 3 aromatic carbocycles. The summed E-state index contributed by atoms with van der Waals surface area (Å²) in [5.41, 5.74) is 1.99. The van der Waals surface area contributed by atoms with Gasteiger partial charge in [0.1, 0.15) is 12.3 Å². The Hall–Kier alpha value is -4.49. The van der Waals surface area contributed by atoms with Crippen molar-refractivity contribution in [2.45, 2.75) is 23.6 Å². The van der Waals surface area contributed by atoms with Gasteiger partial charge in [-0.25, -0.2) is 31.5 Å². The van der Waals surface area contributed by atoms with Crippen LogP contribution in [0.15, 0.2) is 94.9 Å². The van der Waals surface area contributed by atoms with E-state index >= 15 is 0 Å². The lowest BCUT2D eigenvalue weighted by atomic mass is 10.2. The second-order valence-corrected chi connectivity index (χ2v) is 12.3. The van der Waals surface area contributed by atoms with Gasteiger partial charge in [0.15, 0.2) is 0 Å². The van der Waals surface area contributed by atoms with Crippen LogP contribution in [-0.2, 0) is 24.8 Å². The van der Waals surface area contributed by atoms with E-state index in [9.17, 15) is 21.6 Å². The Bertz CT molecular complexity index is 1730. The molecule has 13 heteroatoms. The van der Waals surface area contributed by atoms with E-state index < -0.39 is 32.5 Å². The zero-order chi connectivity index (χ0) is 28.9. The van der Waals surface area contributed by atoms with Gasteiger partial charge in [-0.2, -0.15) is 0 Å². The highest BCUT2D eigenvalue weighted by Crippen LogP contribution is 2.27. The van der Waals surface area contributed by atoms with Gasteiger partial charge in [0.2, 0.25) is 11.9 Å². The maximum atomic E-state index is 13.6. The van der Waals surface area contributed by atoms with Crippen molar-refractivity contribution in [3.05, 3.63) is 96.3 Å². The van der Waals surface area contributed by atoms with Crippen LogP contribution in [0, 0.1) is 13.8 Å². The number of methoxy groups -OCH3 is 1. The van der Waals surface area contributed by atoms with E-state index in [0.717, 1.165) is 9.87 Å². The van der Waals surface area contributed by atoms with Crippen molar-refractivity contribution in [1.29, 1.82) is 0 Å². The molecule has 1 amide bonds. The van der Waals surface area contributed by atoms with E-state index in [4.69, 9.17) is 4.74 Å². The summed E-state index contributed by atoms with van der Waals surface area (Å²) in [5.74, 6) is -0.284. The van der Waals surface area contributed by atoms with Crippen LogP contribution in [0.2, 0.25) is 0 Å². The van der Waals surface area contributed by atoms with Crippen LogP contribution < -0.4 is 19.1 Å². The van der Waals surface area contributed by atoms with Crippen LogP contribution in [0.25, 0.3) is 0 Å². The molecule has 208 valence electrons. The first-order valence-electron chi connectivity index (χ1n) is 11.9. The van der Waals surface area contributed by atoms with E-state index in [0.29, 0.717) is 11.4 Å². The molecule has 1 aromatic heterocycles. The maximum Gasteiger partial charge on any atom is 0.264 e. The van der Waals surface area contributed by atoms with Gasteiger partial charge < -0.3 is 10.1 Å². The number of carbonyl (C=O) groups excluding carboxylic acids is 1. The van der Waals surface area contributed by atoms with Crippen LogP contribution in [0.4, 0.5) is 17.3 Å². The van der Waals surface area contributed by atoms with Crippen molar-refractivity contribution >= 4 is 43.3 Å². The summed E-state index contributed by atoms with van der Waals surface area (Å²) in [7, 11) is -6.65. The molecule has 4 aromatic rings. The van der Waals surface area contributed by atoms with Crippen molar-refractivity contribution in [2.75, 3.05) is 28.0 Å². The zero-order valence-corrected chi connectivity index (χ0v) is 23.5. The molecule has 0 radical (unpaired) electrons. The van der Waals surface area contributed by atoms with Gasteiger partial charge in [-0.15, -0.1) is 0 Å². The molecular formula is C27H27N5O6S2. The molecule has 0 aliphatic rings. The molecule has 0 unspecified atom stereocenters. The molecule has 2 N–H and O–H groups in total. The molecule has 0 bridgehead atoms. The van der Waals surface area contributed by atoms with Gasteiger partial charge in [0, 0.05) is 23.6 Å². The monoisotopic (exact) mass is 581 g/mol. The predicted octanol–water partition coefficient (Wildman–Crippen LogP) is 3.74. The Kier molecular flexibility index (Phi) is 8.35. The maximum absolute atomic E-state index is 13.6.